The van der Waals surface area contributed by atoms with Gasteiger partial charge < -0.3 is 25.3 Å². The van der Waals surface area contributed by atoms with Crippen molar-refractivity contribution in [2.24, 2.45) is 0 Å². The number of aryl methyl sites for hydroxylation is 1. The summed E-state index contributed by atoms with van der Waals surface area (Å²) in [6.07, 6.45) is 1.80. The SMILES string of the molecule is CC(C)(O)C(C)(C)O.Cc1cc[nH]n1.OB(O)O. The van der Waals surface area contributed by atoms with E-state index < -0.39 is 18.5 Å². The van der Waals surface area contributed by atoms with Crippen LogP contribution in [0.2, 0.25) is 0 Å². The Kier molecular flexibility index (Phi) is 8.87. The van der Waals surface area contributed by atoms with E-state index in [0.29, 0.717) is 0 Å². The van der Waals surface area contributed by atoms with Crippen molar-refractivity contribution in [3.63, 3.8) is 0 Å². The smallest absolute Gasteiger partial charge is 0.402 e. The van der Waals surface area contributed by atoms with Gasteiger partial charge >= 0.3 is 7.32 Å². The largest absolute Gasteiger partial charge is 0.631 e. The van der Waals surface area contributed by atoms with Crippen LogP contribution in [-0.4, -0.2) is 54.0 Å². The minimum Gasteiger partial charge on any atom is -0.402 e. The number of hydrogen-bond donors (Lipinski definition) is 6. The highest BCUT2D eigenvalue weighted by molar-refractivity contribution is 6.30. The molecule has 7 nitrogen and oxygen atoms in total. The number of aromatic amines is 1. The van der Waals surface area contributed by atoms with E-state index in [2.05, 4.69) is 10.2 Å². The van der Waals surface area contributed by atoms with Crippen LogP contribution in [0.1, 0.15) is 33.4 Å². The monoisotopic (exact) mass is 262 g/mol. The van der Waals surface area contributed by atoms with Gasteiger partial charge in [0.1, 0.15) is 0 Å². The van der Waals surface area contributed by atoms with Crippen molar-refractivity contribution in [2.45, 2.75) is 45.8 Å². The van der Waals surface area contributed by atoms with Crippen LogP contribution in [0.4, 0.5) is 0 Å². The summed E-state index contributed by atoms with van der Waals surface area (Å²) in [5.74, 6) is 0. The van der Waals surface area contributed by atoms with Crippen LogP contribution in [0.5, 0.6) is 0 Å². The first-order valence-corrected chi connectivity index (χ1v) is 5.33. The molecule has 0 aliphatic heterocycles. The predicted octanol–water partition coefficient (Wildman–Crippen LogP) is -0.805. The molecule has 1 aromatic heterocycles. The maximum absolute atomic E-state index is 9.10. The zero-order valence-electron chi connectivity index (χ0n) is 11.4. The Morgan fingerprint density at radius 3 is 1.44 bits per heavy atom. The molecule has 1 heterocycles. The first kappa shape index (κ1) is 19.4. The van der Waals surface area contributed by atoms with Crippen LogP contribution in [0.15, 0.2) is 12.3 Å². The molecule has 0 saturated heterocycles. The van der Waals surface area contributed by atoms with Crippen LogP contribution in [0.25, 0.3) is 0 Å². The zero-order chi connectivity index (χ0) is 15.0. The molecular weight excluding hydrogens is 239 g/mol. The van der Waals surface area contributed by atoms with Crippen molar-refractivity contribution < 1.29 is 25.3 Å². The van der Waals surface area contributed by atoms with Crippen LogP contribution in [0, 0.1) is 6.92 Å². The van der Waals surface area contributed by atoms with Gasteiger partial charge in [-0.25, -0.2) is 0 Å². The van der Waals surface area contributed by atoms with Gasteiger partial charge in [-0.15, -0.1) is 0 Å². The highest BCUT2D eigenvalue weighted by atomic mass is 16.5. The summed E-state index contributed by atoms with van der Waals surface area (Å²) in [7, 11) is -2.17. The fourth-order valence-electron chi connectivity index (χ4n) is 0.334. The molecule has 8 heteroatoms. The van der Waals surface area contributed by atoms with Crippen LogP contribution < -0.4 is 0 Å². The standard InChI is InChI=1S/C6H14O2.C4H6N2.BH3O3/c1-5(2,7)6(3,4)8;1-4-2-3-5-6-4;2-1(3)4/h7-8H,1-4H3;2-3H,1H3,(H,5,6);2-4H. The third-order valence-corrected chi connectivity index (χ3v) is 2.14. The van der Waals surface area contributed by atoms with E-state index in [1.54, 1.807) is 33.9 Å². The molecule has 106 valence electrons. The van der Waals surface area contributed by atoms with E-state index in [1.807, 2.05) is 13.0 Å². The van der Waals surface area contributed by atoms with E-state index in [0.717, 1.165) is 5.69 Å². The molecule has 0 saturated carbocycles. The maximum atomic E-state index is 9.10. The second kappa shape index (κ2) is 8.22. The first-order valence-electron chi connectivity index (χ1n) is 5.33. The molecule has 0 fully saturated rings. The Bertz CT molecular complexity index is 275. The van der Waals surface area contributed by atoms with Crippen molar-refractivity contribution in [1.82, 2.24) is 10.2 Å². The highest BCUT2D eigenvalue weighted by Crippen LogP contribution is 2.19. The van der Waals surface area contributed by atoms with Gasteiger partial charge in [0.25, 0.3) is 0 Å². The lowest BCUT2D eigenvalue weighted by Crippen LogP contribution is -2.44. The zero-order valence-corrected chi connectivity index (χ0v) is 11.4. The maximum Gasteiger partial charge on any atom is 0.631 e. The number of aliphatic hydroxyl groups is 2. The number of rotatable bonds is 1. The Morgan fingerprint density at radius 2 is 1.39 bits per heavy atom. The van der Waals surface area contributed by atoms with E-state index in [4.69, 9.17) is 25.3 Å². The number of aromatic nitrogens is 2. The summed E-state index contributed by atoms with van der Waals surface area (Å²) in [5.41, 5.74) is -0.977. The Balaban J connectivity index is 0. The third-order valence-electron chi connectivity index (χ3n) is 2.14. The molecule has 0 bridgehead atoms. The van der Waals surface area contributed by atoms with Gasteiger partial charge in [-0.3, -0.25) is 5.10 Å². The average Bonchev–Trinajstić information content (AvgIpc) is 2.51. The summed E-state index contributed by atoms with van der Waals surface area (Å²) < 4.78 is 0. The molecule has 18 heavy (non-hydrogen) atoms. The van der Waals surface area contributed by atoms with Gasteiger partial charge in [0.15, 0.2) is 0 Å². The van der Waals surface area contributed by atoms with Gasteiger partial charge in [0.2, 0.25) is 0 Å². The predicted molar refractivity (Wildman–Crippen MR) is 68.3 cm³/mol. The van der Waals surface area contributed by atoms with Crippen molar-refractivity contribution in [1.29, 1.82) is 0 Å². The molecule has 1 aromatic rings. The highest BCUT2D eigenvalue weighted by Gasteiger charge is 2.31. The minimum atomic E-state index is -2.17. The van der Waals surface area contributed by atoms with Gasteiger partial charge in [-0.05, 0) is 40.7 Å². The van der Waals surface area contributed by atoms with Crippen LogP contribution in [-0.2, 0) is 0 Å². The van der Waals surface area contributed by atoms with Crippen LogP contribution >= 0.6 is 0 Å². The third kappa shape index (κ3) is 13.1. The Labute approximate surface area is 107 Å². The lowest BCUT2D eigenvalue weighted by molar-refractivity contribution is -0.107. The lowest BCUT2D eigenvalue weighted by atomic mass is 9.90. The van der Waals surface area contributed by atoms with E-state index in [1.165, 1.54) is 0 Å². The van der Waals surface area contributed by atoms with Crippen molar-refractivity contribution in [2.75, 3.05) is 0 Å². The first-order chi connectivity index (χ1) is 7.88. The second-order valence-corrected chi connectivity index (χ2v) is 4.68. The lowest BCUT2D eigenvalue weighted by Gasteiger charge is -2.31. The van der Waals surface area contributed by atoms with E-state index in [9.17, 15) is 0 Å². The van der Waals surface area contributed by atoms with Crippen LogP contribution in [0.3, 0.4) is 0 Å². The topological polar surface area (TPSA) is 130 Å². The van der Waals surface area contributed by atoms with Gasteiger partial charge in [-0.1, -0.05) is 0 Å². The quantitative estimate of drug-likeness (QED) is 0.367. The summed E-state index contributed by atoms with van der Waals surface area (Å²) >= 11 is 0. The number of nitrogens with one attached hydrogen (secondary N) is 1. The molecule has 1 rings (SSSR count). The molecule has 0 aromatic carbocycles. The molecular formula is C10H23BN2O5. The number of nitrogens with zero attached hydrogens (tertiary/aromatic N) is 1. The van der Waals surface area contributed by atoms with Crippen molar-refractivity contribution in [3.05, 3.63) is 18.0 Å². The Morgan fingerprint density at radius 1 is 1.06 bits per heavy atom. The van der Waals surface area contributed by atoms with Crippen molar-refractivity contribution >= 4 is 7.32 Å². The number of H-pyrrole nitrogens is 1. The van der Waals surface area contributed by atoms with E-state index >= 15 is 0 Å². The summed E-state index contributed by atoms with van der Waals surface area (Å²) in [6.45, 7) is 8.25. The van der Waals surface area contributed by atoms with Gasteiger partial charge in [0, 0.05) is 6.20 Å². The van der Waals surface area contributed by atoms with Crippen molar-refractivity contribution in [3.8, 4) is 0 Å². The summed E-state index contributed by atoms with van der Waals surface area (Å²) in [4.78, 5) is 0. The second-order valence-electron chi connectivity index (χ2n) is 4.68. The molecule has 0 spiro atoms. The molecule has 0 amide bonds. The average molecular weight is 262 g/mol. The van der Waals surface area contributed by atoms with Gasteiger partial charge in [0.05, 0.1) is 16.9 Å². The molecule has 0 radical (unpaired) electrons. The fraction of sp³-hybridized carbons (Fsp3) is 0.700. The molecule has 0 aliphatic carbocycles. The fourth-order valence-corrected chi connectivity index (χ4v) is 0.334. The molecule has 0 unspecified atom stereocenters. The minimum absolute atomic E-state index is 1.01. The van der Waals surface area contributed by atoms with Gasteiger partial charge in [-0.2, -0.15) is 5.10 Å². The summed E-state index contributed by atoms with van der Waals surface area (Å²) in [6, 6.07) is 1.92. The molecule has 0 aliphatic rings. The summed E-state index contributed by atoms with van der Waals surface area (Å²) in [5, 5.41) is 46.2. The normalized spacial score (nSPS) is 10.8. The van der Waals surface area contributed by atoms with E-state index in [-0.39, 0.29) is 0 Å². The molecule has 0 atom stereocenters. The molecule has 6 N–H and O–H groups in total. The Hall–Kier alpha value is -0.925. The number of hydrogen-bond acceptors (Lipinski definition) is 6.